The van der Waals surface area contributed by atoms with Crippen LogP contribution in [0.4, 0.5) is 0 Å². The molecule has 1 aromatic heterocycles. The highest BCUT2D eigenvalue weighted by atomic mass is 32.2. The van der Waals surface area contributed by atoms with Crippen LogP contribution in [0.3, 0.4) is 0 Å². The molecule has 0 unspecified atom stereocenters. The van der Waals surface area contributed by atoms with Crippen molar-refractivity contribution < 1.29 is 9.53 Å². The number of methoxy groups -OCH3 is 1. The zero-order chi connectivity index (χ0) is 16.3. The zero-order valence-corrected chi connectivity index (χ0v) is 13.6. The van der Waals surface area contributed by atoms with E-state index in [0.717, 1.165) is 12.3 Å². The third kappa shape index (κ3) is 3.31. The van der Waals surface area contributed by atoms with Gasteiger partial charge in [-0.15, -0.1) is 11.8 Å². The van der Waals surface area contributed by atoms with Crippen LogP contribution in [-0.4, -0.2) is 51.9 Å². The van der Waals surface area contributed by atoms with Gasteiger partial charge in [0.1, 0.15) is 16.9 Å². The molecule has 0 bridgehead atoms. The molecule has 8 heteroatoms. The number of esters is 1. The van der Waals surface area contributed by atoms with Crippen molar-refractivity contribution >= 4 is 17.7 Å². The molecule has 1 aliphatic heterocycles. The van der Waals surface area contributed by atoms with Crippen LogP contribution >= 0.6 is 11.8 Å². The summed E-state index contributed by atoms with van der Waals surface area (Å²) in [5.41, 5.74) is 1.01. The van der Waals surface area contributed by atoms with Crippen molar-refractivity contribution in [3.63, 3.8) is 0 Å². The Kier molecular flexibility index (Phi) is 5.21. The topological polar surface area (TPSA) is 88.2 Å². The second-order valence-corrected chi connectivity index (χ2v) is 6.41. The van der Waals surface area contributed by atoms with Gasteiger partial charge in [-0.1, -0.05) is 0 Å². The van der Waals surface area contributed by atoms with E-state index < -0.39 is 5.56 Å². The molecule has 1 saturated heterocycles. The number of carbonyl (C=O) groups excluding carboxylic acids is 1. The van der Waals surface area contributed by atoms with Crippen molar-refractivity contribution in [1.29, 1.82) is 5.26 Å². The van der Waals surface area contributed by atoms with Crippen LogP contribution < -0.4 is 5.56 Å². The molecule has 118 valence electrons. The van der Waals surface area contributed by atoms with E-state index in [1.54, 1.807) is 25.6 Å². The molecule has 2 rings (SSSR count). The summed E-state index contributed by atoms with van der Waals surface area (Å²) in [6.07, 6.45) is 0. The first-order valence-electron chi connectivity index (χ1n) is 6.88. The van der Waals surface area contributed by atoms with Crippen LogP contribution in [0, 0.1) is 25.2 Å². The summed E-state index contributed by atoms with van der Waals surface area (Å²) in [6.45, 7) is 5.01. The van der Waals surface area contributed by atoms with E-state index in [1.165, 1.54) is 11.8 Å². The first-order chi connectivity index (χ1) is 10.5. The Bertz CT molecular complexity index is 680. The number of ether oxygens (including phenoxy) is 1. The molecule has 0 radical (unpaired) electrons. The summed E-state index contributed by atoms with van der Waals surface area (Å²) < 4.78 is 6.07. The largest absolute Gasteiger partial charge is 0.468 e. The number of hydrogen-bond acceptors (Lipinski definition) is 7. The van der Waals surface area contributed by atoms with E-state index in [4.69, 9.17) is 10.00 Å². The normalized spacial score (nSPS) is 18.7. The average molecular weight is 322 g/mol. The molecule has 1 fully saturated rings. The van der Waals surface area contributed by atoms with E-state index in [0.29, 0.717) is 17.8 Å². The third-order valence-corrected chi connectivity index (χ3v) is 4.86. The van der Waals surface area contributed by atoms with Gasteiger partial charge in [0.15, 0.2) is 0 Å². The average Bonchev–Trinajstić information content (AvgIpc) is 2.52. The Morgan fingerprint density at radius 3 is 2.91 bits per heavy atom. The number of aromatic nitrogens is 2. The van der Waals surface area contributed by atoms with Crippen molar-refractivity contribution in [1.82, 2.24) is 14.7 Å². The standard InChI is InChI=1S/C14H18N4O3S/c1-9-10(2)16-18(13(19)11(9)6-15)8-17-4-5-22-12(7-17)14(20)21-3/h12H,4-5,7-8H2,1-3H3/t12-/m1/s1. The highest BCUT2D eigenvalue weighted by Gasteiger charge is 2.27. The fourth-order valence-electron chi connectivity index (χ4n) is 2.29. The molecule has 0 spiro atoms. The maximum Gasteiger partial charge on any atom is 0.320 e. The van der Waals surface area contributed by atoms with Crippen molar-refractivity contribution in [2.75, 3.05) is 26.0 Å². The summed E-state index contributed by atoms with van der Waals surface area (Å²) in [5.74, 6) is 0.526. The zero-order valence-electron chi connectivity index (χ0n) is 12.8. The third-order valence-electron chi connectivity index (χ3n) is 3.70. The summed E-state index contributed by atoms with van der Waals surface area (Å²) in [5, 5.41) is 13.1. The monoisotopic (exact) mass is 322 g/mol. The summed E-state index contributed by atoms with van der Waals surface area (Å²) >= 11 is 1.55. The molecule has 1 aliphatic rings. The lowest BCUT2D eigenvalue weighted by molar-refractivity contribution is -0.140. The van der Waals surface area contributed by atoms with E-state index in [1.807, 2.05) is 11.0 Å². The predicted octanol–water partition coefficient (Wildman–Crippen LogP) is 0.280. The molecule has 0 aliphatic carbocycles. The molecule has 0 amide bonds. The van der Waals surface area contributed by atoms with Gasteiger partial charge in [-0.05, 0) is 19.4 Å². The van der Waals surface area contributed by atoms with Crippen LogP contribution in [0.15, 0.2) is 4.79 Å². The maximum absolute atomic E-state index is 12.3. The number of nitrogens with zero attached hydrogens (tertiary/aromatic N) is 4. The Balaban J connectivity index is 2.21. The molecule has 1 atom stereocenters. The lowest BCUT2D eigenvalue weighted by atomic mass is 10.1. The number of thioether (sulfide) groups is 1. The molecule has 0 aromatic carbocycles. The van der Waals surface area contributed by atoms with Gasteiger partial charge < -0.3 is 4.74 Å². The minimum absolute atomic E-state index is 0.128. The van der Waals surface area contributed by atoms with Gasteiger partial charge >= 0.3 is 5.97 Å². The van der Waals surface area contributed by atoms with Crippen molar-refractivity contribution in [2.45, 2.75) is 25.8 Å². The lowest BCUT2D eigenvalue weighted by Crippen LogP contribution is -2.45. The van der Waals surface area contributed by atoms with Crippen molar-refractivity contribution in [3.05, 3.63) is 27.2 Å². The number of nitriles is 1. The van der Waals surface area contributed by atoms with Crippen molar-refractivity contribution in [2.24, 2.45) is 0 Å². The summed E-state index contributed by atoms with van der Waals surface area (Å²) in [7, 11) is 1.37. The second kappa shape index (κ2) is 6.94. The van der Waals surface area contributed by atoms with Crippen molar-refractivity contribution in [3.8, 4) is 6.07 Å². The first-order valence-corrected chi connectivity index (χ1v) is 7.93. The summed E-state index contributed by atoms with van der Waals surface area (Å²) in [4.78, 5) is 25.9. The van der Waals surface area contributed by atoms with Gasteiger partial charge in [-0.25, -0.2) is 4.68 Å². The van der Waals surface area contributed by atoms with E-state index in [2.05, 4.69) is 5.10 Å². The highest BCUT2D eigenvalue weighted by Crippen LogP contribution is 2.20. The van der Waals surface area contributed by atoms with Gasteiger partial charge in [0, 0.05) is 18.8 Å². The molecule has 2 heterocycles. The van der Waals surface area contributed by atoms with E-state index >= 15 is 0 Å². The Hall–Kier alpha value is -1.85. The minimum atomic E-state index is -0.390. The fourth-order valence-corrected chi connectivity index (χ4v) is 3.49. The van der Waals surface area contributed by atoms with Crippen LogP contribution in [0.1, 0.15) is 16.8 Å². The van der Waals surface area contributed by atoms with Gasteiger partial charge in [0.25, 0.3) is 5.56 Å². The van der Waals surface area contributed by atoms with E-state index in [-0.39, 0.29) is 23.5 Å². The summed E-state index contributed by atoms with van der Waals surface area (Å²) in [6, 6.07) is 1.95. The minimum Gasteiger partial charge on any atom is -0.468 e. The van der Waals surface area contributed by atoms with Crippen LogP contribution in [-0.2, 0) is 16.2 Å². The Labute approximate surface area is 132 Å². The quantitative estimate of drug-likeness (QED) is 0.739. The first kappa shape index (κ1) is 16.5. The smallest absolute Gasteiger partial charge is 0.320 e. The number of aryl methyl sites for hydroxylation is 1. The van der Waals surface area contributed by atoms with Gasteiger partial charge in [-0.2, -0.15) is 10.4 Å². The SMILES string of the molecule is COC(=O)[C@H]1CN(Cn2nc(C)c(C)c(C#N)c2=O)CCS1. The second-order valence-electron chi connectivity index (χ2n) is 5.10. The fraction of sp³-hybridized carbons (Fsp3) is 0.571. The van der Waals surface area contributed by atoms with Crippen LogP contribution in [0.25, 0.3) is 0 Å². The Morgan fingerprint density at radius 2 is 2.27 bits per heavy atom. The van der Waals surface area contributed by atoms with E-state index in [9.17, 15) is 9.59 Å². The van der Waals surface area contributed by atoms with Gasteiger partial charge in [-0.3, -0.25) is 14.5 Å². The van der Waals surface area contributed by atoms with Gasteiger partial charge in [0.2, 0.25) is 0 Å². The number of rotatable bonds is 3. The molecule has 0 N–H and O–H groups in total. The predicted molar refractivity (Wildman–Crippen MR) is 82.5 cm³/mol. The van der Waals surface area contributed by atoms with Crippen LogP contribution in [0.5, 0.6) is 0 Å². The van der Waals surface area contributed by atoms with Gasteiger partial charge in [0.05, 0.1) is 19.5 Å². The lowest BCUT2D eigenvalue weighted by Gasteiger charge is -2.30. The molecule has 7 nitrogen and oxygen atoms in total. The Morgan fingerprint density at radius 1 is 1.55 bits per heavy atom. The number of carbonyl (C=O) groups is 1. The highest BCUT2D eigenvalue weighted by molar-refractivity contribution is 8.00. The number of hydrogen-bond donors (Lipinski definition) is 0. The molecule has 0 saturated carbocycles. The molecule has 1 aromatic rings. The molecular formula is C14H18N4O3S. The molecule has 22 heavy (non-hydrogen) atoms. The maximum atomic E-state index is 12.3. The molecular weight excluding hydrogens is 304 g/mol. The van der Waals surface area contributed by atoms with Crippen LogP contribution in [0.2, 0.25) is 0 Å².